The van der Waals surface area contributed by atoms with E-state index in [4.69, 9.17) is 23.2 Å². The van der Waals surface area contributed by atoms with E-state index in [2.05, 4.69) is 31.4 Å². The predicted octanol–water partition coefficient (Wildman–Crippen LogP) is 4.67. The highest BCUT2D eigenvalue weighted by atomic mass is 79.9. The van der Waals surface area contributed by atoms with Crippen molar-refractivity contribution in [1.29, 1.82) is 0 Å². The topological polar surface area (TPSA) is 59.3 Å². The lowest BCUT2D eigenvalue weighted by Gasteiger charge is -2.06. The van der Waals surface area contributed by atoms with Crippen LogP contribution in [0.2, 0.25) is 10.0 Å². The Bertz CT molecular complexity index is 937. The molecule has 0 fully saturated rings. The number of hydrogen-bond donors (Lipinski definition) is 1. The van der Waals surface area contributed by atoms with Gasteiger partial charge in [-0.3, -0.25) is 9.20 Å². The number of nitrogens with zero attached hydrogens (tertiary/aromatic N) is 3. The van der Waals surface area contributed by atoms with Gasteiger partial charge in [0.2, 0.25) is 5.91 Å². The van der Waals surface area contributed by atoms with Crippen LogP contribution in [-0.2, 0) is 4.79 Å². The minimum atomic E-state index is -0.519. The van der Waals surface area contributed by atoms with E-state index in [1.165, 1.54) is 12.1 Å². The van der Waals surface area contributed by atoms with Crippen LogP contribution in [0.3, 0.4) is 0 Å². The van der Waals surface area contributed by atoms with Gasteiger partial charge in [-0.1, -0.05) is 50.9 Å². The van der Waals surface area contributed by atoms with Crippen LogP contribution < -0.4 is 5.32 Å². The highest BCUT2D eigenvalue weighted by molar-refractivity contribution is 9.10. The molecule has 0 unspecified atom stereocenters. The Morgan fingerprint density at radius 3 is 2.88 bits per heavy atom. The molecule has 5 nitrogen and oxygen atoms in total. The molecule has 0 radical (unpaired) electrons. The molecular formula is C14H8BrCl2FN4OS. The summed E-state index contributed by atoms with van der Waals surface area (Å²) in [5.41, 5.74) is 0.559. The van der Waals surface area contributed by atoms with E-state index in [1.807, 2.05) is 0 Å². The average molecular weight is 450 g/mol. The number of thioether (sulfide) groups is 1. The Labute approximate surface area is 158 Å². The molecule has 0 spiro atoms. The van der Waals surface area contributed by atoms with Crippen LogP contribution in [0, 0.1) is 5.82 Å². The van der Waals surface area contributed by atoms with Gasteiger partial charge in [0.05, 0.1) is 21.5 Å². The SMILES string of the molecule is O=C(CSc1nnc2c(Cl)cc(Cl)cn12)Nc1ccc(Br)cc1F. The number of rotatable bonds is 4. The molecule has 2 heterocycles. The van der Waals surface area contributed by atoms with E-state index >= 15 is 0 Å². The van der Waals surface area contributed by atoms with Crippen LogP contribution in [0.1, 0.15) is 0 Å². The van der Waals surface area contributed by atoms with Crippen molar-refractivity contribution in [3.8, 4) is 0 Å². The zero-order chi connectivity index (χ0) is 17.3. The van der Waals surface area contributed by atoms with Crippen molar-refractivity contribution in [3.63, 3.8) is 0 Å². The van der Waals surface area contributed by atoms with Crippen molar-refractivity contribution in [2.24, 2.45) is 0 Å². The Kier molecular flexibility index (Phi) is 5.29. The maximum atomic E-state index is 13.7. The van der Waals surface area contributed by atoms with E-state index in [-0.39, 0.29) is 17.3 Å². The fourth-order valence-corrected chi connectivity index (χ4v) is 3.46. The van der Waals surface area contributed by atoms with Crippen LogP contribution in [0.4, 0.5) is 10.1 Å². The summed E-state index contributed by atoms with van der Waals surface area (Å²) in [4.78, 5) is 12.0. The lowest BCUT2D eigenvalue weighted by atomic mass is 10.3. The monoisotopic (exact) mass is 448 g/mol. The van der Waals surface area contributed by atoms with Crippen LogP contribution in [0.25, 0.3) is 5.65 Å². The first-order valence-corrected chi connectivity index (χ1v) is 9.05. The number of nitrogens with one attached hydrogen (secondary N) is 1. The average Bonchev–Trinajstić information content (AvgIpc) is 2.91. The maximum absolute atomic E-state index is 13.7. The Hall–Kier alpha value is -1.35. The lowest BCUT2D eigenvalue weighted by molar-refractivity contribution is -0.113. The fraction of sp³-hybridized carbons (Fsp3) is 0.0714. The van der Waals surface area contributed by atoms with Gasteiger partial charge < -0.3 is 5.32 Å². The number of pyridine rings is 1. The van der Waals surface area contributed by atoms with Crippen molar-refractivity contribution in [2.45, 2.75) is 5.16 Å². The van der Waals surface area contributed by atoms with Crippen LogP contribution in [0.5, 0.6) is 0 Å². The first-order valence-electron chi connectivity index (χ1n) is 6.51. The highest BCUT2D eigenvalue weighted by Gasteiger charge is 2.13. The third-order valence-corrected chi connectivity index (χ3v) is 4.85. The number of halogens is 4. The second kappa shape index (κ2) is 7.26. The molecule has 10 heteroatoms. The normalized spacial score (nSPS) is 11.0. The van der Waals surface area contributed by atoms with Gasteiger partial charge in [-0.25, -0.2) is 4.39 Å². The number of amides is 1. The van der Waals surface area contributed by atoms with E-state index in [1.54, 1.807) is 22.7 Å². The van der Waals surface area contributed by atoms with E-state index < -0.39 is 5.82 Å². The first kappa shape index (κ1) is 17.5. The summed E-state index contributed by atoms with van der Waals surface area (Å²) in [6, 6.07) is 5.96. The van der Waals surface area contributed by atoms with Gasteiger partial charge in [-0.05, 0) is 24.3 Å². The Balaban J connectivity index is 1.70. The summed E-state index contributed by atoms with van der Waals surface area (Å²) in [6.45, 7) is 0. The molecule has 0 atom stereocenters. The molecule has 0 saturated heterocycles. The van der Waals surface area contributed by atoms with E-state index in [0.29, 0.717) is 25.3 Å². The quantitative estimate of drug-likeness (QED) is 0.588. The number of carbonyl (C=O) groups is 1. The zero-order valence-corrected chi connectivity index (χ0v) is 15.7. The third-order valence-electron chi connectivity index (χ3n) is 2.93. The van der Waals surface area contributed by atoms with Crippen molar-refractivity contribution in [3.05, 3.63) is 50.8 Å². The molecule has 3 rings (SSSR count). The molecule has 1 amide bonds. The summed E-state index contributed by atoms with van der Waals surface area (Å²) >= 11 is 16.3. The molecule has 124 valence electrons. The number of benzene rings is 1. The number of fused-ring (bicyclic) bond motifs is 1. The second-order valence-electron chi connectivity index (χ2n) is 4.64. The molecule has 0 aliphatic rings. The van der Waals surface area contributed by atoms with Crippen LogP contribution in [0.15, 0.2) is 40.1 Å². The van der Waals surface area contributed by atoms with Crippen molar-refractivity contribution < 1.29 is 9.18 Å². The Morgan fingerprint density at radius 2 is 2.12 bits per heavy atom. The van der Waals surface area contributed by atoms with Crippen molar-refractivity contribution in [1.82, 2.24) is 14.6 Å². The van der Waals surface area contributed by atoms with Gasteiger partial charge in [0.15, 0.2) is 10.8 Å². The largest absolute Gasteiger partial charge is 0.323 e. The minimum absolute atomic E-state index is 0.0282. The molecule has 1 N–H and O–H groups in total. The number of carbonyl (C=O) groups excluding carboxylic acids is 1. The standard InChI is InChI=1S/C14H8BrCl2FN4OS/c15-7-1-2-11(10(18)3-7)19-12(23)6-24-14-21-20-13-9(17)4-8(16)5-22(13)14/h1-5H,6H2,(H,19,23). The molecule has 0 saturated carbocycles. The molecule has 0 aliphatic heterocycles. The molecule has 1 aromatic carbocycles. The highest BCUT2D eigenvalue weighted by Crippen LogP contribution is 2.25. The van der Waals surface area contributed by atoms with Crippen molar-refractivity contribution in [2.75, 3.05) is 11.1 Å². The van der Waals surface area contributed by atoms with Gasteiger partial charge in [0, 0.05) is 10.7 Å². The summed E-state index contributed by atoms with van der Waals surface area (Å²) in [5, 5.41) is 11.7. The zero-order valence-electron chi connectivity index (χ0n) is 11.8. The summed E-state index contributed by atoms with van der Waals surface area (Å²) in [5.74, 6) is -0.860. The summed E-state index contributed by atoms with van der Waals surface area (Å²) in [6.07, 6.45) is 1.61. The van der Waals surface area contributed by atoms with Crippen molar-refractivity contribution >= 4 is 68.1 Å². The summed E-state index contributed by atoms with van der Waals surface area (Å²) in [7, 11) is 0. The van der Waals surface area contributed by atoms with Gasteiger partial charge in [-0.15, -0.1) is 10.2 Å². The lowest BCUT2D eigenvalue weighted by Crippen LogP contribution is -2.15. The predicted molar refractivity (Wildman–Crippen MR) is 96.5 cm³/mol. The van der Waals surface area contributed by atoms with Gasteiger partial charge in [0.25, 0.3) is 0 Å². The maximum Gasteiger partial charge on any atom is 0.234 e. The smallest absolute Gasteiger partial charge is 0.234 e. The van der Waals surface area contributed by atoms with Gasteiger partial charge in [0.1, 0.15) is 5.82 Å². The van der Waals surface area contributed by atoms with Gasteiger partial charge in [-0.2, -0.15) is 0 Å². The fourth-order valence-electron chi connectivity index (χ4n) is 1.91. The number of anilines is 1. The van der Waals surface area contributed by atoms with Crippen LogP contribution in [-0.4, -0.2) is 26.3 Å². The summed E-state index contributed by atoms with van der Waals surface area (Å²) < 4.78 is 15.9. The molecule has 2 aromatic heterocycles. The number of hydrogen-bond acceptors (Lipinski definition) is 4. The Morgan fingerprint density at radius 1 is 1.33 bits per heavy atom. The molecule has 24 heavy (non-hydrogen) atoms. The molecule has 3 aromatic rings. The third kappa shape index (κ3) is 3.83. The van der Waals surface area contributed by atoms with Gasteiger partial charge >= 0.3 is 0 Å². The first-order chi connectivity index (χ1) is 11.4. The molecular weight excluding hydrogens is 442 g/mol. The van der Waals surface area contributed by atoms with Crippen LogP contribution >= 0.6 is 50.9 Å². The molecule has 0 bridgehead atoms. The molecule has 0 aliphatic carbocycles. The second-order valence-corrected chi connectivity index (χ2v) is 7.35. The van der Waals surface area contributed by atoms with E-state index in [9.17, 15) is 9.18 Å². The van der Waals surface area contributed by atoms with E-state index in [0.717, 1.165) is 11.8 Å². The number of aromatic nitrogens is 3. The minimum Gasteiger partial charge on any atom is -0.323 e.